The molecule has 4 rings (SSSR count). The van der Waals surface area contributed by atoms with E-state index in [4.69, 9.17) is 16.0 Å². The molecule has 134 valence electrons. The number of nitrogens with one attached hydrogen (secondary N) is 1. The summed E-state index contributed by atoms with van der Waals surface area (Å²) in [6.45, 7) is 0.144. The zero-order valence-corrected chi connectivity index (χ0v) is 15.3. The number of hydrogen-bond donors (Lipinski definition) is 1. The second kappa shape index (κ2) is 6.14. The minimum Gasteiger partial charge on any atom is -0.459 e. The first-order valence-electron chi connectivity index (χ1n) is 8.18. The van der Waals surface area contributed by atoms with E-state index in [0.29, 0.717) is 23.6 Å². The smallest absolute Gasteiger partial charge is 0.242 e. The third kappa shape index (κ3) is 2.79. The van der Waals surface area contributed by atoms with Gasteiger partial charge in [0.25, 0.3) is 0 Å². The van der Waals surface area contributed by atoms with E-state index in [9.17, 15) is 13.2 Å². The zero-order chi connectivity index (χ0) is 18.4. The van der Waals surface area contributed by atoms with E-state index in [-0.39, 0.29) is 11.4 Å². The summed E-state index contributed by atoms with van der Waals surface area (Å²) >= 11 is 5.82. The van der Waals surface area contributed by atoms with E-state index >= 15 is 0 Å². The SMILES string of the molecule is O=C(NCc1cc2ccccc2o1)C1(S(=O)(=O)c2ccc(Cl)cc2)CC1. The third-order valence-corrected chi connectivity index (χ3v) is 7.42. The molecule has 1 amide bonds. The molecule has 1 aliphatic rings. The van der Waals surface area contributed by atoms with Crippen LogP contribution in [0, 0.1) is 0 Å². The summed E-state index contributed by atoms with van der Waals surface area (Å²) in [5.41, 5.74) is 0.728. The Morgan fingerprint density at radius 1 is 1.12 bits per heavy atom. The predicted molar refractivity (Wildman–Crippen MR) is 98.7 cm³/mol. The molecule has 5 nitrogen and oxygen atoms in total. The summed E-state index contributed by atoms with van der Waals surface area (Å²) in [6.07, 6.45) is 0.619. The van der Waals surface area contributed by atoms with Crippen LogP contribution in [0.2, 0.25) is 5.02 Å². The second-order valence-corrected chi connectivity index (χ2v) is 9.08. The lowest BCUT2D eigenvalue weighted by molar-refractivity contribution is -0.121. The second-order valence-electron chi connectivity index (χ2n) is 6.38. The van der Waals surface area contributed by atoms with Crippen molar-refractivity contribution in [3.8, 4) is 0 Å². The van der Waals surface area contributed by atoms with Crippen LogP contribution in [0.4, 0.5) is 0 Å². The van der Waals surface area contributed by atoms with Gasteiger partial charge >= 0.3 is 0 Å². The quantitative estimate of drug-likeness (QED) is 0.721. The topological polar surface area (TPSA) is 76.4 Å². The number of rotatable bonds is 5. The normalized spacial score (nSPS) is 15.7. The Morgan fingerprint density at radius 3 is 2.46 bits per heavy atom. The number of fused-ring (bicyclic) bond motifs is 1. The summed E-state index contributed by atoms with van der Waals surface area (Å²) in [5, 5.41) is 4.10. The van der Waals surface area contributed by atoms with Crippen LogP contribution in [0.15, 0.2) is 63.9 Å². The fourth-order valence-corrected chi connectivity index (χ4v) is 5.05. The van der Waals surface area contributed by atoms with Crippen LogP contribution in [0.3, 0.4) is 0 Å². The van der Waals surface area contributed by atoms with Crippen molar-refractivity contribution < 1.29 is 17.6 Å². The van der Waals surface area contributed by atoms with E-state index in [1.54, 1.807) is 0 Å². The van der Waals surface area contributed by atoms with Crippen molar-refractivity contribution >= 4 is 38.3 Å². The maximum atomic E-state index is 12.9. The molecule has 7 heteroatoms. The first kappa shape index (κ1) is 17.1. The highest BCUT2D eigenvalue weighted by molar-refractivity contribution is 7.94. The number of benzene rings is 2. The summed E-state index contributed by atoms with van der Waals surface area (Å²) in [4.78, 5) is 12.8. The minimum absolute atomic E-state index is 0.110. The maximum absolute atomic E-state index is 12.9. The molecule has 3 aromatic rings. The molecule has 0 unspecified atom stereocenters. The lowest BCUT2D eigenvalue weighted by Crippen LogP contribution is -2.41. The van der Waals surface area contributed by atoms with Crippen LogP contribution >= 0.6 is 11.6 Å². The van der Waals surface area contributed by atoms with Gasteiger partial charge in [-0.05, 0) is 49.2 Å². The fourth-order valence-electron chi connectivity index (χ4n) is 3.02. The molecule has 1 aromatic heterocycles. The van der Waals surface area contributed by atoms with Crippen LogP contribution in [-0.4, -0.2) is 19.1 Å². The molecule has 0 radical (unpaired) electrons. The Hall–Kier alpha value is -2.31. The van der Waals surface area contributed by atoms with Gasteiger partial charge in [0.15, 0.2) is 14.6 Å². The molecule has 1 heterocycles. The molecule has 0 bridgehead atoms. The molecule has 2 aromatic carbocycles. The fraction of sp³-hybridized carbons (Fsp3) is 0.211. The van der Waals surface area contributed by atoms with Gasteiger partial charge in [-0.15, -0.1) is 0 Å². The van der Waals surface area contributed by atoms with Crippen LogP contribution in [0.1, 0.15) is 18.6 Å². The van der Waals surface area contributed by atoms with Crippen LogP contribution in [-0.2, 0) is 21.2 Å². The zero-order valence-electron chi connectivity index (χ0n) is 13.7. The molecule has 0 spiro atoms. The Labute approximate surface area is 155 Å². The van der Waals surface area contributed by atoms with Crippen molar-refractivity contribution in [1.29, 1.82) is 0 Å². The monoisotopic (exact) mass is 389 g/mol. The Morgan fingerprint density at radius 2 is 1.81 bits per heavy atom. The van der Waals surface area contributed by atoms with E-state index in [0.717, 1.165) is 11.0 Å². The largest absolute Gasteiger partial charge is 0.459 e. The number of halogens is 1. The van der Waals surface area contributed by atoms with Crippen molar-refractivity contribution in [3.05, 3.63) is 65.4 Å². The van der Waals surface area contributed by atoms with Crippen molar-refractivity contribution in [2.45, 2.75) is 29.0 Å². The maximum Gasteiger partial charge on any atom is 0.242 e. The summed E-state index contributed by atoms with van der Waals surface area (Å²) < 4.78 is 30.0. The molecule has 1 aliphatic carbocycles. The highest BCUT2D eigenvalue weighted by Gasteiger charge is 2.61. The van der Waals surface area contributed by atoms with Gasteiger partial charge in [-0.2, -0.15) is 0 Å². The van der Waals surface area contributed by atoms with Gasteiger partial charge in [-0.3, -0.25) is 4.79 Å². The van der Waals surface area contributed by atoms with Crippen molar-refractivity contribution in [2.24, 2.45) is 0 Å². The van der Waals surface area contributed by atoms with Gasteiger partial charge in [-0.1, -0.05) is 29.8 Å². The van der Waals surface area contributed by atoms with Crippen molar-refractivity contribution in [1.82, 2.24) is 5.32 Å². The predicted octanol–water partition coefficient (Wildman–Crippen LogP) is 3.71. The first-order chi connectivity index (χ1) is 12.4. The summed E-state index contributed by atoms with van der Waals surface area (Å²) in [7, 11) is -3.77. The highest BCUT2D eigenvalue weighted by Crippen LogP contribution is 2.47. The third-order valence-electron chi connectivity index (χ3n) is 4.66. The Bertz CT molecular complexity index is 1050. The Balaban J connectivity index is 1.52. The van der Waals surface area contributed by atoms with Gasteiger partial charge in [0, 0.05) is 10.4 Å². The van der Waals surface area contributed by atoms with Crippen LogP contribution < -0.4 is 5.32 Å². The number of para-hydroxylation sites is 1. The molecule has 1 saturated carbocycles. The molecule has 26 heavy (non-hydrogen) atoms. The molecule has 0 saturated heterocycles. The van der Waals surface area contributed by atoms with Gasteiger partial charge < -0.3 is 9.73 Å². The molecule has 1 fully saturated rings. The van der Waals surface area contributed by atoms with E-state index < -0.39 is 20.5 Å². The molecule has 0 aliphatic heterocycles. The number of sulfone groups is 1. The van der Waals surface area contributed by atoms with Crippen LogP contribution in [0.25, 0.3) is 11.0 Å². The summed E-state index contributed by atoms with van der Waals surface area (Å²) in [5.74, 6) is 0.0900. The van der Waals surface area contributed by atoms with Gasteiger partial charge in [0.2, 0.25) is 5.91 Å². The molecular weight excluding hydrogens is 374 g/mol. The molecule has 1 N–H and O–H groups in total. The number of amides is 1. The number of hydrogen-bond acceptors (Lipinski definition) is 4. The number of carbonyl (C=O) groups excluding carboxylic acids is 1. The average molecular weight is 390 g/mol. The van der Waals surface area contributed by atoms with Crippen LogP contribution in [0.5, 0.6) is 0 Å². The average Bonchev–Trinajstić information content (AvgIpc) is 3.35. The van der Waals surface area contributed by atoms with E-state index in [1.807, 2.05) is 30.3 Å². The van der Waals surface area contributed by atoms with Gasteiger partial charge in [-0.25, -0.2) is 8.42 Å². The summed E-state index contributed by atoms with van der Waals surface area (Å²) in [6, 6.07) is 15.3. The molecular formula is C19H16ClNO4S. The first-order valence-corrected chi connectivity index (χ1v) is 10.0. The van der Waals surface area contributed by atoms with Crippen molar-refractivity contribution in [3.63, 3.8) is 0 Å². The number of carbonyl (C=O) groups is 1. The van der Waals surface area contributed by atoms with E-state index in [1.165, 1.54) is 24.3 Å². The minimum atomic E-state index is -3.77. The Kier molecular flexibility index (Phi) is 4.04. The lowest BCUT2D eigenvalue weighted by Gasteiger charge is -2.16. The van der Waals surface area contributed by atoms with Gasteiger partial charge in [0.05, 0.1) is 11.4 Å². The van der Waals surface area contributed by atoms with E-state index in [2.05, 4.69) is 5.32 Å². The standard InChI is InChI=1S/C19H16ClNO4S/c20-14-5-7-16(8-6-14)26(23,24)19(9-10-19)18(22)21-12-15-11-13-3-1-2-4-17(13)25-15/h1-8,11H,9-10,12H2,(H,21,22). The van der Waals surface area contributed by atoms with Crippen molar-refractivity contribution in [2.75, 3.05) is 0 Å². The van der Waals surface area contributed by atoms with Gasteiger partial charge in [0.1, 0.15) is 11.3 Å². The highest BCUT2D eigenvalue weighted by atomic mass is 35.5. The molecule has 0 atom stereocenters. The number of furan rings is 1. The lowest BCUT2D eigenvalue weighted by atomic mass is 10.2.